The summed E-state index contributed by atoms with van der Waals surface area (Å²) in [7, 11) is 0. The van der Waals surface area contributed by atoms with Gasteiger partial charge in [-0.3, -0.25) is 0 Å². The number of halogens is 1. The van der Waals surface area contributed by atoms with E-state index in [1.54, 1.807) is 0 Å². The van der Waals surface area contributed by atoms with Crippen molar-refractivity contribution in [3.8, 4) is 15.6 Å². The Bertz CT molecular complexity index is 393. The number of rotatable bonds is 1. The van der Waals surface area contributed by atoms with Crippen molar-refractivity contribution < 1.29 is 5.11 Å². The molecule has 0 fully saturated rings. The zero-order valence-electron chi connectivity index (χ0n) is 6.57. The number of aromatic nitrogens is 1. The fourth-order valence-electron chi connectivity index (χ4n) is 0.998. The Morgan fingerprint density at radius 2 is 1.92 bits per heavy atom. The van der Waals surface area contributed by atoms with Gasteiger partial charge in [-0.15, -0.1) is 0 Å². The number of aromatic hydroxyl groups is 1. The molecule has 0 saturated carbocycles. The Morgan fingerprint density at radius 1 is 1.23 bits per heavy atom. The summed E-state index contributed by atoms with van der Waals surface area (Å²) in [6.07, 6.45) is 0. The first kappa shape index (κ1) is 8.53. The fourth-order valence-corrected chi connectivity index (χ4v) is 1.95. The van der Waals surface area contributed by atoms with Gasteiger partial charge in [0.2, 0.25) is 5.06 Å². The molecule has 0 unspecified atom stereocenters. The SMILES string of the molecule is Oc1sc(-c2ccccc2)nc1Cl. The van der Waals surface area contributed by atoms with Crippen LogP contribution in [0.5, 0.6) is 5.06 Å². The lowest BCUT2D eigenvalue weighted by molar-refractivity contribution is 0.489. The van der Waals surface area contributed by atoms with Gasteiger partial charge in [-0.05, 0) is 0 Å². The molecule has 0 aliphatic carbocycles. The fraction of sp³-hybridized carbons (Fsp3) is 0. The molecule has 1 N–H and O–H groups in total. The quantitative estimate of drug-likeness (QED) is 0.786. The first-order valence-corrected chi connectivity index (χ1v) is 4.87. The van der Waals surface area contributed by atoms with E-state index >= 15 is 0 Å². The van der Waals surface area contributed by atoms with E-state index in [0.717, 1.165) is 10.6 Å². The van der Waals surface area contributed by atoms with E-state index in [0.29, 0.717) is 0 Å². The molecule has 0 aliphatic rings. The van der Waals surface area contributed by atoms with Crippen LogP contribution in [0, 0.1) is 0 Å². The van der Waals surface area contributed by atoms with Crippen LogP contribution in [0.4, 0.5) is 0 Å². The van der Waals surface area contributed by atoms with Crippen molar-refractivity contribution >= 4 is 22.9 Å². The van der Waals surface area contributed by atoms with E-state index in [2.05, 4.69) is 4.98 Å². The van der Waals surface area contributed by atoms with Crippen molar-refractivity contribution in [2.75, 3.05) is 0 Å². The monoisotopic (exact) mass is 211 g/mol. The molecular formula is C9H6ClNOS. The number of nitrogens with zero attached hydrogens (tertiary/aromatic N) is 1. The number of benzene rings is 1. The van der Waals surface area contributed by atoms with Crippen molar-refractivity contribution in [3.63, 3.8) is 0 Å². The van der Waals surface area contributed by atoms with Gasteiger partial charge in [0.25, 0.3) is 0 Å². The zero-order chi connectivity index (χ0) is 9.26. The Morgan fingerprint density at radius 3 is 2.46 bits per heavy atom. The zero-order valence-corrected chi connectivity index (χ0v) is 8.14. The molecule has 13 heavy (non-hydrogen) atoms. The Kier molecular flexibility index (Phi) is 2.20. The van der Waals surface area contributed by atoms with Crippen LogP contribution in [0.2, 0.25) is 5.15 Å². The van der Waals surface area contributed by atoms with Crippen molar-refractivity contribution in [1.29, 1.82) is 0 Å². The van der Waals surface area contributed by atoms with Crippen LogP contribution in [0.3, 0.4) is 0 Å². The highest BCUT2D eigenvalue weighted by Crippen LogP contribution is 2.35. The lowest BCUT2D eigenvalue weighted by Crippen LogP contribution is -1.72. The molecule has 0 radical (unpaired) electrons. The first-order valence-electron chi connectivity index (χ1n) is 3.68. The Labute approximate surface area is 84.4 Å². The van der Waals surface area contributed by atoms with Crippen LogP contribution in [-0.2, 0) is 0 Å². The molecule has 4 heteroatoms. The molecule has 0 bridgehead atoms. The minimum absolute atomic E-state index is 0.0699. The normalized spacial score (nSPS) is 10.2. The molecule has 0 aliphatic heterocycles. The van der Waals surface area contributed by atoms with Gasteiger partial charge in [0.1, 0.15) is 5.01 Å². The molecule has 0 amide bonds. The largest absolute Gasteiger partial charge is 0.497 e. The Balaban J connectivity index is 2.48. The van der Waals surface area contributed by atoms with Gasteiger partial charge in [0.05, 0.1) is 0 Å². The highest BCUT2D eigenvalue weighted by Gasteiger charge is 2.08. The summed E-state index contributed by atoms with van der Waals surface area (Å²) in [5.74, 6) is 0. The van der Waals surface area contributed by atoms with E-state index in [4.69, 9.17) is 11.6 Å². The summed E-state index contributed by atoms with van der Waals surface area (Å²) >= 11 is 6.81. The van der Waals surface area contributed by atoms with Gasteiger partial charge in [-0.1, -0.05) is 53.3 Å². The molecular weight excluding hydrogens is 206 g/mol. The maximum absolute atomic E-state index is 9.23. The van der Waals surface area contributed by atoms with Crippen LogP contribution in [0.1, 0.15) is 0 Å². The van der Waals surface area contributed by atoms with Crippen LogP contribution in [0.25, 0.3) is 10.6 Å². The second-order valence-corrected chi connectivity index (χ2v) is 3.82. The topological polar surface area (TPSA) is 33.1 Å². The van der Waals surface area contributed by atoms with Crippen LogP contribution in [0.15, 0.2) is 30.3 Å². The van der Waals surface area contributed by atoms with E-state index in [-0.39, 0.29) is 10.2 Å². The van der Waals surface area contributed by atoms with Gasteiger partial charge in [0, 0.05) is 5.56 Å². The van der Waals surface area contributed by atoms with Crippen molar-refractivity contribution in [1.82, 2.24) is 4.98 Å². The third-order valence-electron chi connectivity index (χ3n) is 1.59. The molecule has 66 valence electrons. The third kappa shape index (κ3) is 1.66. The van der Waals surface area contributed by atoms with Crippen molar-refractivity contribution in [2.45, 2.75) is 0 Å². The lowest BCUT2D eigenvalue weighted by atomic mass is 10.2. The number of hydrogen-bond donors (Lipinski definition) is 1. The lowest BCUT2D eigenvalue weighted by Gasteiger charge is -1.91. The van der Waals surface area contributed by atoms with E-state index < -0.39 is 0 Å². The standard InChI is InChI=1S/C9H6ClNOS/c10-7-9(12)13-8(11-7)6-4-2-1-3-5-6/h1-5,12H. The molecule has 2 nitrogen and oxygen atoms in total. The van der Waals surface area contributed by atoms with Crippen LogP contribution < -0.4 is 0 Å². The van der Waals surface area contributed by atoms with Gasteiger partial charge < -0.3 is 5.11 Å². The second-order valence-electron chi connectivity index (χ2n) is 2.48. The molecule has 0 spiro atoms. The molecule has 1 heterocycles. The van der Waals surface area contributed by atoms with E-state index in [1.165, 1.54) is 11.3 Å². The highest BCUT2D eigenvalue weighted by molar-refractivity contribution is 7.17. The predicted octanol–water partition coefficient (Wildman–Crippen LogP) is 3.17. The first-order chi connectivity index (χ1) is 6.27. The smallest absolute Gasteiger partial charge is 0.211 e. The third-order valence-corrected chi connectivity index (χ3v) is 2.87. The predicted molar refractivity (Wildman–Crippen MR) is 54.2 cm³/mol. The van der Waals surface area contributed by atoms with Crippen molar-refractivity contribution in [2.24, 2.45) is 0 Å². The number of hydrogen-bond acceptors (Lipinski definition) is 3. The highest BCUT2D eigenvalue weighted by atomic mass is 35.5. The molecule has 0 atom stereocenters. The summed E-state index contributed by atoms with van der Waals surface area (Å²) in [5, 5.41) is 10.2. The molecule has 0 saturated heterocycles. The summed E-state index contributed by atoms with van der Waals surface area (Å²) in [5.41, 5.74) is 0.967. The maximum Gasteiger partial charge on any atom is 0.211 e. The number of thiazole rings is 1. The minimum Gasteiger partial charge on any atom is -0.497 e. The second kappa shape index (κ2) is 3.36. The summed E-state index contributed by atoms with van der Waals surface area (Å²) in [4.78, 5) is 4.01. The average molecular weight is 212 g/mol. The molecule has 2 aromatic rings. The van der Waals surface area contributed by atoms with Gasteiger partial charge in [-0.25, -0.2) is 4.98 Å². The van der Waals surface area contributed by atoms with Crippen molar-refractivity contribution in [3.05, 3.63) is 35.5 Å². The van der Waals surface area contributed by atoms with E-state index in [9.17, 15) is 5.11 Å². The maximum atomic E-state index is 9.23. The van der Waals surface area contributed by atoms with Crippen LogP contribution in [-0.4, -0.2) is 10.1 Å². The molecule has 1 aromatic heterocycles. The minimum atomic E-state index is 0.0699. The summed E-state index contributed by atoms with van der Waals surface area (Å²) in [6, 6.07) is 9.62. The van der Waals surface area contributed by atoms with Crippen LogP contribution >= 0.6 is 22.9 Å². The van der Waals surface area contributed by atoms with E-state index in [1.807, 2.05) is 30.3 Å². The Hall–Kier alpha value is -1.06. The summed E-state index contributed by atoms with van der Waals surface area (Å²) in [6.45, 7) is 0. The average Bonchev–Trinajstić information content (AvgIpc) is 2.49. The van der Waals surface area contributed by atoms with Gasteiger partial charge >= 0.3 is 0 Å². The van der Waals surface area contributed by atoms with Gasteiger partial charge in [-0.2, -0.15) is 0 Å². The molecule has 1 aromatic carbocycles. The molecule has 2 rings (SSSR count). The summed E-state index contributed by atoms with van der Waals surface area (Å²) < 4.78 is 0. The van der Waals surface area contributed by atoms with Gasteiger partial charge in [0.15, 0.2) is 5.15 Å².